The minimum atomic E-state index is -0.338. The summed E-state index contributed by atoms with van der Waals surface area (Å²) in [4.78, 5) is 17.9. The van der Waals surface area contributed by atoms with E-state index in [0.29, 0.717) is 11.4 Å². The van der Waals surface area contributed by atoms with Gasteiger partial charge in [0.15, 0.2) is 5.69 Å². The highest BCUT2D eigenvalue weighted by Gasteiger charge is 2.29. The molecule has 32 heavy (non-hydrogen) atoms. The van der Waals surface area contributed by atoms with Crippen molar-refractivity contribution in [1.29, 1.82) is 0 Å². The summed E-state index contributed by atoms with van der Waals surface area (Å²) >= 11 is 0. The second-order valence-electron chi connectivity index (χ2n) is 8.90. The molecule has 1 N–H and O–H groups in total. The van der Waals surface area contributed by atoms with Crippen LogP contribution in [-0.2, 0) is 25.9 Å². The van der Waals surface area contributed by atoms with Crippen LogP contribution >= 0.6 is 0 Å². The molecule has 1 aromatic heterocycles. The number of hydrogen-bond donors (Lipinski definition) is 1. The van der Waals surface area contributed by atoms with Gasteiger partial charge in [0.25, 0.3) is 5.91 Å². The summed E-state index contributed by atoms with van der Waals surface area (Å²) in [6, 6.07) is 12.7. The fourth-order valence-electron chi connectivity index (χ4n) is 4.73. The van der Waals surface area contributed by atoms with E-state index >= 15 is 0 Å². The third-order valence-corrected chi connectivity index (χ3v) is 6.39. The molecule has 1 amide bonds. The quantitative estimate of drug-likeness (QED) is 0.645. The van der Waals surface area contributed by atoms with Crippen molar-refractivity contribution in [2.45, 2.75) is 32.4 Å². The number of carbonyl (C=O) groups excluding carboxylic acids is 1. The minimum Gasteiger partial charge on any atom is -0.320 e. The average Bonchev–Trinajstić information content (AvgIpc) is 3.48. The molecular weight excluding hydrogens is 405 g/mol. The Hall–Kier alpha value is -3.03. The molecule has 1 aliphatic carbocycles. The van der Waals surface area contributed by atoms with E-state index in [1.54, 1.807) is 22.9 Å². The van der Waals surface area contributed by atoms with Crippen LogP contribution in [0.4, 0.5) is 10.1 Å². The third-order valence-electron chi connectivity index (χ3n) is 6.39. The number of amides is 1. The first-order chi connectivity index (χ1) is 15.5. The van der Waals surface area contributed by atoms with Crippen molar-refractivity contribution < 1.29 is 9.18 Å². The Bertz CT molecular complexity index is 1170. The molecule has 1 aliphatic heterocycles. The van der Waals surface area contributed by atoms with Gasteiger partial charge in [0.1, 0.15) is 11.5 Å². The van der Waals surface area contributed by atoms with Crippen LogP contribution < -0.4 is 5.32 Å². The van der Waals surface area contributed by atoms with E-state index in [-0.39, 0.29) is 11.7 Å². The highest BCUT2D eigenvalue weighted by Crippen LogP contribution is 2.32. The Morgan fingerprint density at radius 2 is 1.94 bits per heavy atom. The van der Waals surface area contributed by atoms with Crippen LogP contribution in [0, 0.1) is 5.82 Å². The van der Waals surface area contributed by atoms with E-state index in [0.717, 1.165) is 62.4 Å². The monoisotopic (exact) mass is 433 g/mol. The number of nitrogens with zero attached hydrogens (tertiary/aromatic N) is 4. The number of benzene rings is 2. The van der Waals surface area contributed by atoms with Gasteiger partial charge < -0.3 is 10.2 Å². The highest BCUT2D eigenvalue weighted by atomic mass is 19.1. The number of likely N-dealkylation sites (N-methyl/N-ethyl adjacent to an activating group) is 1. The first-order valence-electron chi connectivity index (χ1n) is 11.2. The average molecular weight is 434 g/mol. The van der Waals surface area contributed by atoms with E-state index in [2.05, 4.69) is 40.4 Å². The van der Waals surface area contributed by atoms with E-state index in [4.69, 9.17) is 0 Å². The van der Waals surface area contributed by atoms with Gasteiger partial charge in [-0.15, -0.1) is 0 Å². The van der Waals surface area contributed by atoms with Crippen LogP contribution in [0.2, 0.25) is 0 Å². The number of rotatable bonds is 6. The fraction of sp³-hybridized carbons (Fsp3) is 0.360. The number of aromatic nitrogens is 2. The molecule has 2 heterocycles. The molecule has 7 heteroatoms. The van der Waals surface area contributed by atoms with Crippen LogP contribution in [0.5, 0.6) is 0 Å². The Morgan fingerprint density at radius 3 is 2.75 bits per heavy atom. The van der Waals surface area contributed by atoms with Gasteiger partial charge in [0.05, 0.1) is 0 Å². The largest absolute Gasteiger partial charge is 0.320 e. The highest BCUT2D eigenvalue weighted by molar-refractivity contribution is 6.04. The zero-order chi connectivity index (χ0) is 22.2. The lowest BCUT2D eigenvalue weighted by atomic mass is 10.1. The van der Waals surface area contributed by atoms with E-state index in [9.17, 15) is 9.18 Å². The molecule has 0 unspecified atom stereocenters. The number of hydrogen-bond acceptors (Lipinski definition) is 4. The summed E-state index contributed by atoms with van der Waals surface area (Å²) < 4.78 is 16.0. The molecule has 2 aliphatic rings. The van der Waals surface area contributed by atoms with Crippen molar-refractivity contribution in [3.8, 4) is 5.69 Å². The number of fused-ring (bicyclic) bond motifs is 2. The third kappa shape index (κ3) is 3.82. The van der Waals surface area contributed by atoms with E-state index in [1.165, 1.54) is 17.2 Å². The zero-order valence-electron chi connectivity index (χ0n) is 18.6. The standard InChI is InChI=1S/C25H28FN5O/c1-29(2)13-14-30-15-17-7-5-10-21(19(17)16-30)27-25(32)24-18-8-6-12-22(18)31(28-24)23-11-4-3-9-20(23)26/h3-5,7,9-11H,6,8,12-16H2,1-2H3,(H,27,32). The minimum absolute atomic E-state index is 0.224. The van der Waals surface area contributed by atoms with Crippen molar-refractivity contribution >= 4 is 11.6 Å². The molecule has 5 rings (SSSR count). The molecule has 6 nitrogen and oxygen atoms in total. The Morgan fingerprint density at radius 1 is 1.09 bits per heavy atom. The SMILES string of the molecule is CN(C)CCN1Cc2cccc(NC(=O)c3nn(-c4ccccc4F)c4c3CCC4)c2C1. The summed E-state index contributed by atoms with van der Waals surface area (Å²) in [5.74, 6) is -0.561. The lowest BCUT2D eigenvalue weighted by Crippen LogP contribution is -2.27. The molecule has 0 spiro atoms. The Kier molecular flexibility index (Phi) is 5.53. The van der Waals surface area contributed by atoms with Gasteiger partial charge in [0, 0.05) is 43.1 Å². The van der Waals surface area contributed by atoms with Crippen molar-refractivity contribution in [2.24, 2.45) is 0 Å². The number of halogens is 1. The van der Waals surface area contributed by atoms with Gasteiger partial charge in [0.2, 0.25) is 0 Å². The van der Waals surface area contributed by atoms with Crippen LogP contribution in [-0.4, -0.2) is 52.7 Å². The van der Waals surface area contributed by atoms with Gasteiger partial charge >= 0.3 is 0 Å². The van der Waals surface area contributed by atoms with Gasteiger partial charge in [-0.3, -0.25) is 9.69 Å². The molecule has 2 aromatic carbocycles. The number of carbonyl (C=O) groups is 1. The second kappa shape index (κ2) is 8.48. The fourth-order valence-corrected chi connectivity index (χ4v) is 4.73. The number of nitrogens with one attached hydrogen (secondary N) is 1. The Balaban J connectivity index is 1.41. The molecule has 166 valence electrons. The topological polar surface area (TPSA) is 53.4 Å². The first kappa shape index (κ1) is 20.8. The summed E-state index contributed by atoms with van der Waals surface area (Å²) in [5, 5.41) is 7.67. The van der Waals surface area contributed by atoms with Crippen LogP contribution in [0.25, 0.3) is 5.69 Å². The smallest absolute Gasteiger partial charge is 0.276 e. The van der Waals surface area contributed by atoms with Crippen LogP contribution in [0.15, 0.2) is 42.5 Å². The lowest BCUT2D eigenvalue weighted by molar-refractivity contribution is 0.102. The van der Waals surface area contributed by atoms with Gasteiger partial charge in [-0.05, 0) is 62.7 Å². The summed E-state index contributed by atoms with van der Waals surface area (Å²) in [6.07, 6.45) is 2.53. The summed E-state index contributed by atoms with van der Waals surface area (Å²) in [7, 11) is 4.15. The maximum Gasteiger partial charge on any atom is 0.276 e. The Labute approximate surface area is 187 Å². The predicted molar refractivity (Wildman–Crippen MR) is 123 cm³/mol. The van der Waals surface area contributed by atoms with Gasteiger partial charge in [-0.1, -0.05) is 24.3 Å². The van der Waals surface area contributed by atoms with Crippen LogP contribution in [0.3, 0.4) is 0 Å². The predicted octanol–water partition coefficient (Wildman–Crippen LogP) is 3.63. The van der Waals surface area contributed by atoms with Gasteiger partial charge in [-0.25, -0.2) is 9.07 Å². The molecule has 0 saturated carbocycles. The van der Waals surface area contributed by atoms with Crippen molar-refractivity contribution in [3.63, 3.8) is 0 Å². The zero-order valence-corrected chi connectivity index (χ0v) is 18.6. The molecule has 0 atom stereocenters. The molecule has 3 aromatic rings. The number of para-hydroxylation sites is 1. The van der Waals surface area contributed by atoms with Crippen LogP contribution in [0.1, 0.15) is 39.3 Å². The molecule has 0 fully saturated rings. The number of anilines is 1. The first-order valence-corrected chi connectivity index (χ1v) is 11.2. The van der Waals surface area contributed by atoms with Crippen molar-refractivity contribution in [2.75, 3.05) is 32.5 Å². The second-order valence-corrected chi connectivity index (χ2v) is 8.90. The summed E-state index contributed by atoms with van der Waals surface area (Å²) in [6.45, 7) is 3.69. The van der Waals surface area contributed by atoms with E-state index < -0.39 is 0 Å². The van der Waals surface area contributed by atoms with Crippen molar-refractivity contribution in [3.05, 3.63) is 76.4 Å². The summed E-state index contributed by atoms with van der Waals surface area (Å²) in [5.41, 5.74) is 5.93. The molecule has 0 radical (unpaired) electrons. The van der Waals surface area contributed by atoms with Crippen molar-refractivity contribution in [1.82, 2.24) is 19.6 Å². The normalized spacial score (nSPS) is 15.2. The lowest BCUT2D eigenvalue weighted by Gasteiger charge is -2.18. The van der Waals surface area contributed by atoms with Gasteiger partial charge in [-0.2, -0.15) is 5.10 Å². The molecular formula is C25H28FN5O. The maximum absolute atomic E-state index is 14.4. The molecule has 0 saturated heterocycles. The maximum atomic E-state index is 14.4. The molecule has 0 bridgehead atoms. The van der Waals surface area contributed by atoms with E-state index in [1.807, 2.05) is 12.1 Å².